The normalized spacial score (nSPS) is 48.2. The minimum atomic E-state index is -0.101. The molecule has 0 spiro atoms. The van der Waals surface area contributed by atoms with Crippen molar-refractivity contribution >= 4 is 5.97 Å². The van der Waals surface area contributed by atoms with Gasteiger partial charge in [0.2, 0.25) is 0 Å². The topological polar surface area (TPSA) is 26.3 Å². The molecule has 3 aliphatic rings. The second-order valence-electron chi connectivity index (χ2n) is 4.88. The average Bonchev–Trinajstić information content (AvgIpc) is 2.74. The smallest absolute Gasteiger partial charge is 0.302 e. The lowest BCUT2D eigenvalue weighted by molar-refractivity contribution is -0.148. The molecule has 0 heterocycles. The van der Waals surface area contributed by atoms with E-state index in [0.717, 1.165) is 11.8 Å². The fraction of sp³-hybridized carbons (Fsp3) is 0.750. The van der Waals surface area contributed by atoms with Crippen LogP contribution in [0, 0.1) is 23.7 Å². The Hall–Kier alpha value is -0.790. The van der Waals surface area contributed by atoms with Crippen LogP contribution in [0.1, 0.15) is 26.2 Å². The molecular weight excluding hydrogens is 176 g/mol. The number of carbonyl (C=O) groups is 1. The highest BCUT2D eigenvalue weighted by molar-refractivity contribution is 5.66. The predicted octanol–water partition coefficient (Wildman–Crippen LogP) is 2.15. The second kappa shape index (κ2) is 2.85. The Kier molecular flexibility index (Phi) is 1.73. The second-order valence-corrected chi connectivity index (χ2v) is 4.88. The molecule has 0 N–H and O–H groups in total. The first-order valence-corrected chi connectivity index (χ1v) is 5.61. The fourth-order valence-electron chi connectivity index (χ4n) is 3.88. The highest BCUT2D eigenvalue weighted by Gasteiger charge is 2.55. The molecule has 0 aromatic carbocycles. The number of ether oxygens (including phenoxy) is 1. The average molecular weight is 192 g/mol. The van der Waals surface area contributed by atoms with Crippen LogP contribution in [0.3, 0.4) is 0 Å². The van der Waals surface area contributed by atoms with Gasteiger partial charge in [-0.2, -0.15) is 0 Å². The van der Waals surface area contributed by atoms with Crippen LogP contribution in [0.15, 0.2) is 12.2 Å². The maximum atomic E-state index is 11.0. The summed E-state index contributed by atoms with van der Waals surface area (Å²) in [5.74, 6) is 2.70. The predicted molar refractivity (Wildman–Crippen MR) is 52.5 cm³/mol. The van der Waals surface area contributed by atoms with Gasteiger partial charge in [0.25, 0.3) is 0 Å². The molecule has 14 heavy (non-hydrogen) atoms. The van der Waals surface area contributed by atoms with Crippen molar-refractivity contribution in [3.8, 4) is 0 Å². The number of rotatable bonds is 1. The third-order valence-electron chi connectivity index (χ3n) is 4.28. The first-order valence-electron chi connectivity index (χ1n) is 5.61. The van der Waals surface area contributed by atoms with Gasteiger partial charge >= 0.3 is 5.97 Å². The Morgan fingerprint density at radius 2 is 2.07 bits per heavy atom. The standard InChI is InChI=1S/C12H16O2/c1-7(13)14-12-10-5-6-11(12)9-4-2-3-8(9)10/h2-3,8-12H,4-6H2,1H3. The van der Waals surface area contributed by atoms with Crippen LogP contribution in [0.25, 0.3) is 0 Å². The lowest BCUT2D eigenvalue weighted by Gasteiger charge is -2.22. The van der Waals surface area contributed by atoms with Crippen LogP contribution in [-0.4, -0.2) is 12.1 Å². The van der Waals surface area contributed by atoms with Crippen LogP contribution in [0.4, 0.5) is 0 Å². The van der Waals surface area contributed by atoms with Crippen molar-refractivity contribution < 1.29 is 9.53 Å². The maximum Gasteiger partial charge on any atom is 0.302 e. The van der Waals surface area contributed by atoms with Gasteiger partial charge in [-0.05, 0) is 37.0 Å². The molecule has 0 aromatic heterocycles. The molecule has 3 aliphatic carbocycles. The molecule has 2 nitrogen and oxygen atoms in total. The summed E-state index contributed by atoms with van der Waals surface area (Å²) in [7, 11) is 0. The minimum Gasteiger partial charge on any atom is -0.462 e. The Bertz CT molecular complexity index is 295. The molecule has 0 aromatic rings. The highest BCUT2D eigenvalue weighted by Crippen LogP contribution is 2.57. The van der Waals surface area contributed by atoms with Crippen molar-refractivity contribution in [2.24, 2.45) is 23.7 Å². The van der Waals surface area contributed by atoms with Crippen LogP contribution >= 0.6 is 0 Å². The van der Waals surface area contributed by atoms with E-state index in [1.165, 1.54) is 26.2 Å². The van der Waals surface area contributed by atoms with Crippen LogP contribution in [0.2, 0.25) is 0 Å². The zero-order chi connectivity index (χ0) is 9.71. The van der Waals surface area contributed by atoms with E-state index in [0.29, 0.717) is 11.8 Å². The number of hydrogen-bond donors (Lipinski definition) is 0. The summed E-state index contributed by atoms with van der Waals surface area (Å²) in [6.07, 6.45) is 8.64. The Balaban J connectivity index is 1.83. The molecular formula is C12H16O2. The van der Waals surface area contributed by atoms with E-state index in [1.54, 1.807) is 0 Å². The van der Waals surface area contributed by atoms with Gasteiger partial charge in [0.15, 0.2) is 0 Å². The lowest BCUT2D eigenvalue weighted by atomic mass is 9.82. The van der Waals surface area contributed by atoms with E-state index in [1.807, 2.05) is 0 Å². The number of hydrogen-bond acceptors (Lipinski definition) is 2. The summed E-state index contributed by atoms with van der Waals surface area (Å²) in [6.45, 7) is 1.53. The van der Waals surface area contributed by atoms with Gasteiger partial charge in [-0.1, -0.05) is 12.2 Å². The molecule has 5 atom stereocenters. The van der Waals surface area contributed by atoms with Gasteiger partial charge in [0, 0.05) is 12.8 Å². The summed E-state index contributed by atoms with van der Waals surface area (Å²) in [5, 5.41) is 0. The van der Waals surface area contributed by atoms with Gasteiger partial charge in [-0.3, -0.25) is 4.79 Å². The molecule has 2 heteroatoms. The van der Waals surface area contributed by atoms with E-state index < -0.39 is 0 Å². The van der Waals surface area contributed by atoms with Crippen molar-refractivity contribution in [3.63, 3.8) is 0 Å². The van der Waals surface area contributed by atoms with Crippen molar-refractivity contribution in [2.75, 3.05) is 0 Å². The molecule has 76 valence electrons. The lowest BCUT2D eigenvalue weighted by Crippen LogP contribution is -2.22. The van der Waals surface area contributed by atoms with E-state index in [9.17, 15) is 4.79 Å². The summed E-state index contributed by atoms with van der Waals surface area (Å²) in [4.78, 5) is 11.0. The number of carbonyl (C=O) groups excluding carboxylic acids is 1. The van der Waals surface area contributed by atoms with Gasteiger partial charge < -0.3 is 4.74 Å². The number of allylic oxidation sites excluding steroid dienone is 2. The first kappa shape index (κ1) is 8.51. The van der Waals surface area contributed by atoms with Crippen LogP contribution < -0.4 is 0 Å². The van der Waals surface area contributed by atoms with Crippen LogP contribution in [0.5, 0.6) is 0 Å². The zero-order valence-corrected chi connectivity index (χ0v) is 8.48. The monoisotopic (exact) mass is 192 g/mol. The van der Waals surface area contributed by atoms with Gasteiger partial charge in [0.1, 0.15) is 6.10 Å². The molecule has 2 bridgehead atoms. The Morgan fingerprint density at radius 3 is 2.79 bits per heavy atom. The molecule has 2 saturated carbocycles. The van der Waals surface area contributed by atoms with Crippen molar-refractivity contribution in [1.82, 2.24) is 0 Å². The molecule has 0 aliphatic heterocycles. The SMILES string of the molecule is CC(=O)OC1C2CCC1C1CC=CC12. The third kappa shape index (κ3) is 0.999. The summed E-state index contributed by atoms with van der Waals surface area (Å²) in [6, 6.07) is 0. The number of fused-ring (bicyclic) bond motifs is 5. The molecule has 0 saturated heterocycles. The van der Waals surface area contributed by atoms with E-state index in [-0.39, 0.29) is 12.1 Å². The molecule has 0 radical (unpaired) electrons. The van der Waals surface area contributed by atoms with E-state index in [4.69, 9.17) is 4.74 Å². The van der Waals surface area contributed by atoms with Gasteiger partial charge in [-0.25, -0.2) is 0 Å². The van der Waals surface area contributed by atoms with Gasteiger partial charge in [-0.15, -0.1) is 0 Å². The third-order valence-corrected chi connectivity index (χ3v) is 4.28. The van der Waals surface area contributed by atoms with Crippen molar-refractivity contribution in [1.29, 1.82) is 0 Å². The van der Waals surface area contributed by atoms with E-state index >= 15 is 0 Å². The van der Waals surface area contributed by atoms with Crippen molar-refractivity contribution in [2.45, 2.75) is 32.3 Å². The summed E-state index contributed by atoms with van der Waals surface area (Å²) >= 11 is 0. The zero-order valence-electron chi connectivity index (χ0n) is 8.48. The van der Waals surface area contributed by atoms with Gasteiger partial charge in [0.05, 0.1) is 0 Å². The fourth-order valence-corrected chi connectivity index (χ4v) is 3.88. The molecule has 2 fully saturated rings. The van der Waals surface area contributed by atoms with Crippen molar-refractivity contribution in [3.05, 3.63) is 12.2 Å². The molecule has 5 unspecified atom stereocenters. The highest BCUT2D eigenvalue weighted by atomic mass is 16.5. The minimum absolute atomic E-state index is 0.101. The summed E-state index contributed by atoms with van der Waals surface area (Å²) < 4.78 is 5.46. The van der Waals surface area contributed by atoms with Crippen LogP contribution in [-0.2, 0) is 9.53 Å². The Morgan fingerprint density at radius 1 is 1.29 bits per heavy atom. The quantitative estimate of drug-likeness (QED) is 0.470. The number of esters is 1. The maximum absolute atomic E-state index is 11.0. The largest absolute Gasteiger partial charge is 0.462 e. The molecule has 0 amide bonds. The Labute approximate surface area is 84.3 Å². The molecule has 3 rings (SSSR count). The van der Waals surface area contributed by atoms with E-state index in [2.05, 4.69) is 12.2 Å². The summed E-state index contributed by atoms with van der Waals surface area (Å²) in [5.41, 5.74) is 0. The first-order chi connectivity index (χ1) is 6.77.